The van der Waals surface area contributed by atoms with E-state index in [0.29, 0.717) is 19.8 Å². The lowest BCUT2D eigenvalue weighted by Gasteiger charge is -2.26. The molecule has 0 unspecified atom stereocenters. The molecule has 1 aromatic rings. The van der Waals surface area contributed by atoms with E-state index in [4.69, 9.17) is 4.74 Å². The van der Waals surface area contributed by atoms with Crippen LogP contribution in [0.3, 0.4) is 0 Å². The molecule has 1 fully saturated rings. The van der Waals surface area contributed by atoms with Crippen LogP contribution in [0.4, 0.5) is 4.39 Å². The standard InChI is InChI=1S/C13H19FN2O3S/c14-13-3-1-12(2-4-13)11-15-20(17,18)10-7-16-5-8-19-9-6-16/h1-4,15H,5-11H2. The van der Waals surface area contributed by atoms with Crippen molar-refractivity contribution in [3.8, 4) is 0 Å². The number of sulfonamides is 1. The minimum atomic E-state index is -3.32. The smallest absolute Gasteiger partial charge is 0.213 e. The monoisotopic (exact) mass is 302 g/mol. The van der Waals surface area contributed by atoms with E-state index < -0.39 is 10.0 Å². The minimum Gasteiger partial charge on any atom is -0.379 e. The zero-order chi connectivity index (χ0) is 14.4. The quantitative estimate of drug-likeness (QED) is 0.835. The Morgan fingerprint density at radius 1 is 1.20 bits per heavy atom. The summed E-state index contributed by atoms with van der Waals surface area (Å²) in [5.41, 5.74) is 0.737. The Kier molecular flexibility index (Phi) is 5.47. The van der Waals surface area contributed by atoms with Crippen molar-refractivity contribution in [1.29, 1.82) is 0 Å². The topological polar surface area (TPSA) is 58.6 Å². The summed E-state index contributed by atoms with van der Waals surface area (Å²) in [5.74, 6) is -0.266. The molecule has 0 amide bonds. The number of morpholine rings is 1. The molecular formula is C13H19FN2O3S. The summed E-state index contributed by atoms with van der Waals surface area (Å²) < 4.78 is 44.2. The highest BCUT2D eigenvalue weighted by atomic mass is 32.2. The van der Waals surface area contributed by atoms with E-state index in [1.807, 2.05) is 0 Å². The molecule has 7 heteroatoms. The molecule has 1 aromatic carbocycles. The predicted octanol–water partition coefficient (Wildman–Crippen LogP) is 0.577. The van der Waals surface area contributed by atoms with Crippen molar-refractivity contribution >= 4 is 10.0 Å². The van der Waals surface area contributed by atoms with Crippen molar-refractivity contribution in [3.05, 3.63) is 35.6 Å². The fraction of sp³-hybridized carbons (Fsp3) is 0.538. The summed E-state index contributed by atoms with van der Waals surface area (Å²) in [6.07, 6.45) is 0. The molecule has 2 rings (SSSR count). The zero-order valence-electron chi connectivity index (χ0n) is 11.2. The number of benzene rings is 1. The molecule has 112 valence electrons. The van der Waals surface area contributed by atoms with Gasteiger partial charge in [0.15, 0.2) is 0 Å². The maximum Gasteiger partial charge on any atom is 0.213 e. The Labute approximate surface area is 118 Å². The maximum atomic E-state index is 12.7. The molecule has 0 radical (unpaired) electrons. The summed E-state index contributed by atoms with van der Waals surface area (Å²) in [6.45, 7) is 3.54. The van der Waals surface area contributed by atoms with E-state index in [9.17, 15) is 12.8 Å². The van der Waals surface area contributed by atoms with Crippen LogP contribution in [0.2, 0.25) is 0 Å². The molecule has 20 heavy (non-hydrogen) atoms. The van der Waals surface area contributed by atoms with Gasteiger partial charge in [0.05, 0.1) is 19.0 Å². The third-order valence-corrected chi connectivity index (χ3v) is 4.49. The molecule has 0 spiro atoms. The Hall–Kier alpha value is -1.02. The lowest BCUT2D eigenvalue weighted by molar-refractivity contribution is 0.0408. The van der Waals surface area contributed by atoms with Crippen molar-refractivity contribution in [2.45, 2.75) is 6.54 Å². The zero-order valence-corrected chi connectivity index (χ0v) is 12.0. The number of hydrogen-bond donors (Lipinski definition) is 1. The first-order chi connectivity index (χ1) is 9.55. The largest absolute Gasteiger partial charge is 0.379 e. The highest BCUT2D eigenvalue weighted by Gasteiger charge is 2.15. The van der Waals surface area contributed by atoms with Gasteiger partial charge >= 0.3 is 0 Å². The molecule has 1 aliphatic heterocycles. The minimum absolute atomic E-state index is 0.0637. The SMILES string of the molecule is O=S(=O)(CCN1CCOCC1)NCc1ccc(F)cc1. The van der Waals surface area contributed by atoms with Crippen LogP contribution in [-0.2, 0) is 21.3 Å². The molecule has 0 aromatic heterocycles. The maximum absolute atomic E-state index is 12.7. The molecule has 0 atom stereocenters. The molecule has 1 heterocycles. The molecule has 5 nitrogen and oxygen atoms in total. The number of rotatable bonds is 6. The van der Waals surface area contributed by atoms with Crippen LogP contribution in [0.5, 0.6) is 0 Å². The molecule has 1 N–H and O–H groups in total. The van der Waals surface area contributed by atoms with Gasteiger partial charge in [-0.1, -0.05) is 12.1 Å². The average molecular weight is 302 g/mol. The Balaban J connectivity index is 1.76. The molecule has 1 saturated heterocycles. The van der Waals surface area contributed by atoms with Crippen LogP contribution >= 0.6 is 0 Å². The van der Waals surface area contributed by atoms with Crippen molar-refractivity contribution in [2.24, 2.45) is 0 Å². The first kappa shape index (κ1) is 15.4. The highest BCUT2D eigenvalue weighted by molar-refractivity contribution is 7.89. The summed E-state index contributed by atoms with van der Waals surface area (Å²) in [4.78, 5) is 2.07. The Morgan fingerprint density at radius 3 is 2.50 bits per heavy atom. The van der Waals surface area contributed by atoms with Crippen LogP contribution in [0.25, 0.3) is 0 Å². The van der Waals surface area contributed by atoms with Gasteiger partial charge in [0.2, 0.25) is 10.0 Å². The Morgan fingerprint density at radius 2 is 1.85 bits per heavy atom. The number of nitrogens with zero attached hydrogens (tertiary/aromatic N) is 1. The predicted molar refractivity (Wildman–Crippen MR) is 74.3 cm³/mol. The van der Waals surface area contributed by atoms with E-state index >= 15 is 0 Å². The van der Waals surface area contributed by atoms with Gasteiger partial charge in [-0.3, -0.25) is 4.90 Å². The van der Waals surface area contributed by atoms with Gasteiger partial charge in [-0.05, 0) is 17.7 Å². The van der Waals surface area contributed by atoms with Gasteiger partial charge in [0, 0.05) is 26.2 Å². The first-order valence-electron chi connectivity index (χ1n) is 6.57. The molecule has 0 saturated carbocycles. The number of halogens is 1. The number of ether oxygens (including phenoxy) is 1. The van der Waals surface area contributed by atoms with Crippen molar-refractivity contribution < 1.29 is 17.5 Å². The van der Waals surface area contributed by atoms with Crippen LogP contribution in [0.15, 0.2) is 24.3 Å². The van der Waals surface area contributed by atoms with Crippen LogP contribution < -0.4 is 4.72 Å². The summed E-state index contributed by atoms with van der Waals surface area (Å²) in [5, 5.41) is 0. The van der Waals surface area contributed by atoms with Gasteiger partial charge in [0.25, 0.3) is 0 Å². The summed E-state index contributed by atoms with van der Waals surface area (Å²) in [7, 11) is -3.32. The number of nitrogens with one attached hydrogen (secondary N) is 1. The molecule has 0 aliphatic carbocycles. The second-order valence-electron chi connectivity index (χ2n) is 4.72. The van der Waals surface area contributed by atoms with Gasteiger partial charge in [-0.25, -0.2) is 17.5 Å². The lowest BCUT2D eigenvalue weighted by Crippen LogP contribution is -2.40. The fourth-order valence-corrected chi connectivity index (χ4v) is 2.97. The van der Waals surface area contributed by atoms with E-state index in [1.165, 1.54) is 12.1 Å². The van der Waals surface area contributed by atoms with Gasteiger partial charge in [-0.15, -0.1) is 0 Å². The summed E-state index contributed by atoms with van der Waals surface area (Å²) >= 11 is 0. The third-order valence-electron chi connectivity index (χ3n) is 3.19. The molecular weight excluding hydrogens is 283 g/mol. The van der Waals surface area contributed by atoms with E-state index in [-0.39, 0.29) is 18.1 Å². The second-order valence-corrected chi connectivity index (χ2v) is 6.65. The fourth-order valence-electron chi connectivity index (χ4n) is 1.94. The first-order valence-corrected chi connectivity index (χ1v) is 8.22. The normalized spacial score (nSPS) is 17.2. The average Bonchev–Trinajstić information content (AvgIpc) is 2.46. The van der Waals surface area contributed by atoms with Gasteiger partial charge < -0.3 is 4.74 Å². The van der Waals surface area contributed by atoms with Crippen molar-refractivity contribution in [2.75, 3.05) is 38.6 Å². The van der Waals surface area contributed by atoms with Crippen LogP contribution in [0, 0.1) is 5.82 Å². The third kappa shape index (κ3) is 5.16. The lowest BCUT2D eigenvalue weighted by atomic mass is 10.2. The Bertz CT molecular complexity index is 513. The van der Waals surface area contributed by atoms with Crippen molar-refractivity contribution in [1.82, 2.24) is 9.62 Å². The van der Waals surface area contributed by atoms with E-state index in [1.54, 1.807) is 12.1 Å². The number of hydrogen-bond acceptors (Lipinski definition) is 4. The second kappa shape index (κ2) is 7.12. The van der Waals surface area contributed by atoms with E-state index in [2.05, 4.69) is 9.62 Å². The van der Waals surface area contributed by atoms with Crippen LogP contribution in [-0.4, -0.2) is 51.9 Å². The molecule has 0 bridgehead atoms. The van der Waals surface area contributed by atoms with Crippen molar-refractivity contribution in [3.63, 3.8) is 0 Å². The molecule has 1 aliphatic rings. The van der Waals surface area contributed by atoms with Gasteiger partial charge in [-0.2, -0.15) is 0 Å². The van der Waals surface area contributed by atoms with E-state index in [0.717, 1.165) is 18.7 Å². The van der Waals surface area contributed by atoms with Gasteiger partial charge in [0.1, 0.15) is 5.82 Å². The van der Waals surface area contributed by atoms with Crippen LogP contribution in [0.1, 0.15) is 5.56 Å². The summed E-state index contributed by atoms with van der Waals surface area (Å²) in [6, 6.07) is 5.77. The highest BCUT2D eigenvalue weighted by Crippen LogP contribution is 2.03.